The molecule has 23 heavy (non-hydrogen) atoms. The van der Waals surface area contributed by atoms with Crippen LogP contribution in [0.3, 0.4) is 0 Å². The summed E-state index contributed by atoms with van der Waals surface area (Å²) in [4.78, 5) is 11.3. The summed E-state index contributed by atoms with van der Waals surface area (Å²) in [5.41, 5.74) is 5.60. The fourth-order valence-electron chi connectivity index (χ4n) is 2.37. The smallest absolute Gasteiger partial charge is 0.251 e. The standard InChI is InChI=1S/C17H16ClF2NO2/c1-9-2-3-11(15(20)14(9)17(21)23)8-13(19)16(22)10-4-6-12(18)7-5-10/h2-7,13,16,22H,8H2,1H3,(H2,21,23)/t13-,16+/m0/s1. The number of carbonyl (C=O) groups is 1. The van der Waals surface area contributed by atoms with Gasteiger partial charge in [0, 0.05) is 11.4 Å². The fraction of sp³-hybridized carbons (Fsp3) is 0.235. The second-order valence-corrected chi connectivity index (χ2v) is 5.75. The summed E-state index contributed by atoms with van der Waals surface area (Å²) in [6.45, 7) is 1.54. The summed E-state index contributed by atoms with van der Waals surface area (Å²) >= 11 is 5.74. The molecule has 0 aromatic heterocycles. The van der Waals surface area contributed by atoms with Gasteiger partial charge in [0.15, 0.2) is 0 Å². The van der Waals surface area contributed by atoms with Crippen LogP contribution in [0.5, 0.6) is 0 Å². The van der Waals surface area contributed by atoms with Gasteiger partial charge in [0.05, 0.1) is 5.56 Å². The van der Waals surface area contributed by atoms with Gasteiger partial charge < -0.3 is 10.8 Å². The molecule has 2 rings (SSSR count). The number of aliphatic hydroxyl groups is 1. The van der Waals surface area contributed by atoms with Crippen LogP contribution in [0.25, 0.3) is 0 Å². The summed E-state index contributed by atoms with van der Waals surface area (Å²) in [5.74, 6) is -1.75. The van der Waals surface area contributed by atoms with E-state index in [9.17, 15) is 18.7 Å². The van der Waals surface area contributed by atoms with E-state index < -0.39 is 24.0 Å². The van der Waals surface area contributed by atoms with Crippen molar-refractivity contribution in [2.24, 2.45) is 5.73 Å². The first kappa shape index (κ1) is 17.4. The van der Waals surface area contributed by atoms with Crippen molar-refractivity contribution in [2.75, 3.05) is 0 Å². The first-order valence-corrected chi connectivity index (χ1v) is 7.34. The van der Waals surface area contributed by atoms with Crippen molar-refractivity contribution in [1.29, 1.82) is 0 Å². The molecule has 0 saturated heterocycles. The van der Waals surface area contributed by atoms with Crippen LogP contribution in [0.2, 0.25) is 5.02 Å². The number of amides is 1. The lowest BCUT2D eigenvalue weighted by Gasteiger charge is -2.17. The summed E-state index contributed by atoms with van der Waals surface area (Å²) < 4.78 is 28.6. The Balaban J connectivity index is 2.23. The van der Waals surface area contributed by atoms with E-state index in [4.69, 9.17) is 17.3 Å². The van der Waals surface area contributed by atoms with Crippen LogP contribution in [0.15, 0.2) is 36.4 Å². The van der Waals surface area contributed by atoms with Crippen LogP contribution in [-0.2, 0) is 6.42 Å². The molecular formula is C17H16ClF2NO2. The third-order valence-corrected chi connectivity index (χ3v) is 3.90. The van der Waals surface area contributed by atoms with Gasteiger partial charge in [0.1, 0.15) is 18.1 Å². The average molecular weight is 340 g/mol. The third kappa shape index (κ3) is 3.86. The Kier molecular flexibility index (Phi) is 5.34. The minimum atomic E-state index is -1.74. The number of hydrogen-bond acceptors (Lipinski definition) is 2. The number of nitrogens with two attached hydrogens (primary N) is 1. The Bertz CT molecular complexity index is 719. The molecule has 3 nitrogen and oxygen atoms in total. The van der Waals surface area contributed by atoms with Gasteiger partial charge in [-0.2, -0.15) is 0 Å². The van der Waals surface area contributed by atoms with Crippen LogP contribution in [-0.4, -0.2) is 17.2 Å². The average Bonchev–Trinajstić information content (AvgIpc) is 2.50. The van der Waals surface area contributed by atoms with Gasteiger partial charge in [-0.25, -0.2) is 8.78 Å². The molecule has 0 bridgehead atoms. The van der Waals surface area contributed by atoms with Gasteiger partial charge in [0.2, 0.25) is 0 Å². The van der Waals surface area contributed by atoms with Gasteiger partial charge >= 0.3 is 0 Å². The number of rotatable bonds is 5. The van der Waals surface area contributed by atoms with E-state index in [1.54, 1.807) is 6.92 Å². The Morgan fingerprint density at radius 3 is 2.43 bits per heavy atom. The van der Waals surface area contributed by atoms with Gasteiger partial charge in [-0.1, -0.05) is 35.9 Å². The molecule has 2 atom stereocenters. The summed E-state index contributed by atoms with van der Waals surface area (Å²) in [6.07, 6.45) is -3.55. The number of carbonyl (C=O) groups excluding carboxylic acids is 1. The number of halogens is 3. The SMILES string of the molecule is Cc1ccc(C[C@H](F)[C@H](O)c2ccc(Cl)cc2)c(F)c1C(N)=O. The van der Waals surface area contributed by atoms with Crippen LogP contribution < -0.4 is 5.73 Å². The Morgan fingerprint density at radius 2 is 1.87 bits per heavy atom. The molecule has 0 heterocycles. The van der Waals surface area contributed by atoms with Gasteiger partial charge in [-0.3, -0.25) is 4.79 Å². The molecule has 6 heteroatoms. The van der Waals surface area contributed by atoms with E-state index in [-0.39, 0.29) is 17.5 Å². The lowest BCUT2D eigenvalue weighted by atomic mass is 9.96. The van der Waals surface area contributed by atoms with Crippen molar-refractivity contribution < 1.29 is 18.7 Å². The minimum absolute atomic E-state index is 0.00934. The molecule has 0 aliphatic heterocycles. The topological polar surface area (TPSA) is 63.3 Å². The quantitative estimate of drug-likeness (QED) is 0.875. The fourth-order valence-corrected chi connectivity index (χ4v) is 2.49. The molecule has 2 aromatic carbocycles. The highest BCUT2D eigenvalue weighted by Crippen LogP contribution is 2.26. The van der Waals surface area contributed by atoms with Crippen LogP contribution >= 0.6 is 11.6 Å². The minimum Gasteiger partial charge on any atom is -0.385 e. The maximum atomic E-state index is 14.3. The molecule has 2 aromatic rings. The van der Waals surface area contributed by atoms with Crippen LogP contribution in [0, 0.1) is 12.7 Å². The number of benzene rings is 2. The Morgan fingerprint density at radius 1 is 1.26 bits per heavy atom. The molecule has 0 aliphatic carbocycles. The number of primary amides is 1. The van der Waals surface area contributed by atoms with E-state index >= 15 is 0 Å². The Hall–Kier alpha value is -1.98. The lowest BCUT2D eigenvalue weighted by molar-refractivity contribution is 0.0772. The van der Waals surface area contributed by atoms with Gasteiger partial charge in [-0.05, 0) is 35.7 Å². The molecule has 0 aliphatic rings. The maximum Gasteiger partial charge on any atom is 0.251 e. The molecule has 1 amide bonds. The second kappa shape index (κ2) is 7.06. The zero-order valence-corrected chi connectivity index (χ0v) is 13.1. The molecular weight excluding hydrogens is 324 g/mol. The first-order valence-electron chi connectivity index (χ1n) is 6.96. The maximum absolute atomic E-state index is 14.3. The second-order valence-electron chi connectivity index (χ2n) is 5.31. The molecule has 122 valence electrons. The van der Waals surface area contributed by atoms with Gasteiger partial charge in [-0.15, -0.1) is 0 Å². The van der Waals surface area contributed by atoms with Gasteiger partial charge in [0.25, 0.3) is 5.91 Å². The zero-order valence-electron chi connectivity index (χ0n) is 12.4. The number of hydrogen-bond donors (Lipinski definition) is 2. The van der Waals surface area contributed by atoms with Crippen molar-refractivity contribution in [3.8, 4) is 0 Å². The highest BCUT2D eigenvalue weighted by molar-refractivity contribution is 6.30. The van der Waals surface area contributed by atoms with Crippen molar-refractivity contribution in [1.82, 2.24) is 0 Å². The van der Waals surface area contributed by atoms with Crippen LogP contribution in [0.1, 0.15) is 33.2 Å². The molecule has 3 N–H and O–H groups in total. The van der Waals surface area contributed by atoms with Crippen molar-refractivity contribution in [3.05, 3.63) is 69.5 Å². The summed E-state index contributed by atoms with van der Waals surface area (Å²) in [7, 11) is 0. The van der Waals surface area contributed by atoms with E-state index in [0.717, 1.165) is 0 Å². The summed E-state index contributed by atoms with van der Waals surface area (Å²) in [6, 6.07) is 8.95. The van der Waals surface area contributed by atoms with E-state index in [0.29, 0.717) is 16.1 Å². The van der Waals surface area contributed by atoms with Crippen molar-refractivity contribution in [2.45, 2.75) is 25.6 Å². The highest BCUT2D eigenvalue weighted by Gasteiger charge is 2.24. The predicted molar refractivity (Wildman–Crippen MR) is 84.7 cm³/mol. The molecule has 0 saturated carbocycles. The molecule has 0 unspecified atom stereocenters. The molecule has 0 fully saturated rings. The molecule has 0 spiro atoms. The largest absolute Gasteiger partial charge is 0.385 e. The number of alkyl halides is 1. The normalized spacial score (nSPS) is 13.6. The third-order valence-electron chi connectivity index (χ3n) is 3.65. The van der Waals surface area contributed by atoms with E-state index in [1.165, 1.54) is 36.4 Å². The predicted octanol–water partition coefficient (Wildman–Crippen LogP) is 3.50. The van der Waals surface area contributed by atoms with Crippen molar-refractivity contribution >= 4 is 17.5 Å². The summed E-state index contributed by atoms with van der Waals surface area (Å²) in [5, 5.41) is 10.5. The van der Waals surface area contributed by atoms with Crippen molar-refractivity contribution in [3.63, 3.8) is 0 Å². The number of aliphatic hydroxyl groups excluding tert-OH is 1. The molecule has 0 radical (unpaired) electrons. The Labute approximate surface area is 137 Å². The highest BCUT2D eigenvalue weighted by atomic mass is 35.5. The number of aryl methyl sites for hydroxylation is 1. The van der Waals surface area contributed by atoms with E-state index in [1.807, 2.05) is 0 Å². The lowest BCUT2D eigenvalue weighted by Crippen LogP contribution is -2.20. The first-order chi connectivity index (χ1) is 10.8. The van der Waals surface area contributed by atoms with E-state index in [2.05, 4.69) is 0 Å². The van der Waals surface area contributed by atoms with Crippen LogP contribution in [0.4, 0.5) is 8.78 Å². The monoisotopic (exact) mass is 339 g/mol. The zero-order chi connectivity index (χ0) is 17.1.